The van der Waals surface area contributed by atoms with Gasteiger partial charge in [0.2, 0.25) is 5.95 Å². The molecule has 0 aromatic carbocycles. The number of anilines is 1. The van der Waals surface area contributed by atoms with E-state index in [0.717, 1.165) is 55.2 Å². The fraction of sp³-hybridized carbons (Fsp3) is 0.571. The van der Waals surface area contributed by atoms with Gasteiger partial charge in [0.25, 0.3) is 0 Å². The minimum atomic E-state index is 0.296. The Kier molecular flexibility index (Phi) is 4.06. The maximum absolute atomic E-state index is 5.87. The first-order chi connectivity index (χ1) is 13.5. The largest absolute Gasteiger partial charge is 0.378 e. The molecular weight excluding hydrogens is 352 g/mol. The molecule has 3 aromatic heterocycles. The number of rotatable bonds is 1. The number of hydrogen-bond donors (Lipinski definition) is 1. The number of fused-ring (bicyclic) bond motifs is 3. The lowest BCUT2D eigenvalue weighted by Crippen LogP contribution is -2.41. The molecule has 2 aliphatic heterocycles. The van der Waals surface area contributed by atoms with Gasteiger partial charge in [-0.2, -0.15) is 10.1 Å². The van der Waals surface area contributed by atoms with E-state index in [4.69, 9.17) is 9.72 Å². The molecule has 0 saturated carbocycles. The van der Waals surface area contributed by atoms with Crippen LogP contribution in [-0.4, -0.2) is 50.4 Å². The summed E-state index contributed by atoms with van der Waals surface area (Å²) in [6, 6.07) is 0. The first kappa shape index (κ1) is 17.5. The van der Waals surface area contributed by atoms with Crippen molar-refractivity contribution in [3.05, 3.63) is 18.1 Å². The Morgan fingerprint density at radius 2 is 2.14 bits per heavy atom. The summed E-state index contributed by atoms with van der Waals surface area (Å²) in [5.74, 6) is 7.60. The molecule has 2 fully saturated rings. The number of aromatic amines is 1. The summed E-state index contributed by atoms with van der Waals surface area (Å²) in [7, 11) is 0. The van der Waals surface area contributed by atoms with E-state index in [2.05, 4.69) is 57.1 Å². The Balaban J connectivity index is 1.51. The summed E-state index contributed by atoms with van der Waals surface area (Å²) in [5.41, 5.74) is 2.67. The van der Waals surface area contributed by atoms with E-state index in [1.54, 1.807) is 0 Å². The van der Waals surface area contributed by atoms with Crippen LogP contribution in [0.15, 0.2) is 12.4 Å². The molecule has 7 heteroatoms. The highest BCUT2D eigenvalue weighted by Crippen LogP contribution is 2.42. The molecule has 1 N–H and O–H groups in total. The van der Waals surface area contributed by atoms with Crippen molar-refractivity contribution < 1.29 is 4.74 Å². The van der Waals surface area contributed by atoms with E-state index in [0.29, 0.717) is 23.1 Å². The molecule has 0 radical (unpaired) electrons. The summed E-state index contributed by atoms with van der Waals surface area (Å²) in [6.07, 6.45) is 7.64. The van der Waals surface area contributed by atoms with E-state index < -0.39 is 0 Å². The van der Waals surface area contributed by atoms with Gasteiger partial charge in [-0.05, 0) is 37.5 Å². The van der Waals surface area contributed by atoms with Gasteiger partial charge < -0.3 is 9.64 Å². The van der Waals surface area contributed by atoms with Crippen molar-refractivity contribution in [1.82, 2.24) is 24.6 Å². The van der Waals surface area contributed by atoms with E-state index >= 15 is 0 Å². The van der Waals surface area contributed by atoms with Crippen LogP contribution in [-0.2, 0) is 4.74 Å². The van der Waals surface area contributed by atoms with Crippen LogP contribution in [0.5, 0.6) is 0 Å². The number of hydrogen-bond acceptors (Lipinski definition) is 5. The second kappa shape index (κ2) is 6.49. The Labute approximate surface area is 164 Å². The van der Waals surface area contributed by atoms with Gasteiger partial charge in [-0.25, -0.2) is 4.98 Å². The second-order valence-corrected chi connectivity index (χ2v) is 8.57. The molecule has 7 nitrogen and oxygen atoms in total. The highest BCUT2D eigenvalue weighted by atomic mass is 16.5. The first-order valence-corrected chi connectivity index (χ1v) is 10.1. The minimum absolute atomic E-state index is 0.296. The highest BCUT2D eigenvalue weighted by Gasteiger charge is 2.41. The van der Waals surface area contributed by atoms with E-state index in [9.17, 15) is 0 Å². The summed E-state index contributed by atoms with van der Waals surface area (Å²) in [6.45, 7) is 9.19. The first-order valence-electron chi connectivity index (χ1n) is 10.1. The quantitative estimate of drug-likeness (QED) is 0.659. The normalized spacial score (nSPS) is 21.7. The molecule has 0 amide bonds. The summed E-state index contributed by atoms with van der Waals surface area (Å²) >= 11 is 0. The van der Waals surface area contributed by atoms with Crippen LogP contribution in [0, 0.1) is 23.2 Å². The zero-order valence-corrected chi connectivity index (χ0v) is 16.7. The number of ether oxygens (including phenoxy) is 1. The topological polar surface area (TPSA) is 71.3 Å². The standard InChI is InChI=1S/C21H26N6O/c1-14(2)4-5-16-17-18(25-24-16)23-20(27-11-8-22-19(17)27)26-9-6-21(7-10-26)12-15(3)28-13-21/h8,11,14-15H,6-7,9-10,12-13H2,1-3H3,(H,24,25)/t15-/m0/s1. The smallest absolute Gasteiger partial charge is 0.213 e. The lowest BCUT2D eigenvalue weighted by Gasteiger charge is -2.38. The van der Waals surface area contributed by atoms with Crippen LogP contribution in [0.25, 0.3) is 16.7 Å². The van der Waals surface area contributed by atoms with E-state index in [1.807, 2.05) is 12.4 Å². The zero-order chi connectivity index (χ0) is 19.3. The van der Waals surface area contributed by atoms with Crippen LogP contribution in [0.4, 0.5) is 5.95 Å². The van der Waals surface area contributed by atoms with Crippen LogP contribution in [0.1, 0.15) is 45.7 Å². The van der Waals surface area contributed by atoms with Gasteiger partial charge >= 0.3 is 0 Å². The SMILES string of the molecule is CC(C)C#Cc1[nH]nc2nc(N3CCC4(CC3)CO[C@@H](C)C4)n3ccnc3c12. The van der Waals surface area contributed by atoms with Gasteiger partial charge in [0, 0.05) is 31.4 Å². The van der Waals surface area contributed by atoms with Crippen molar-refractivity contribution in [1.29, 1.82) is 0 Å². The third kappa shape index (κ3) is 2.83. The summed E-state index contributed by atoms with van der Waals surface area (Å²) in [4.78, 5) is 11.8. The number of imidazole rings is 1. The van der Waals surface area contributed by atoms with Gasteiger partial charge in [0.1, 0.15) is 5.69 Å². The monoisotopic (exact) mass is 378 g/mol. The van der Waals surface area contributed by atoms with Crippen molar-refractivity contribution in [3.8, 4) is 11.8 Å². The average Bonchev–Trinajstić information content (AvgIpc) is 3.38. The Bertz CT molecular complexity index is 1080. The van der Waals surface area contributed by atoms with Crippen molar-refractivity contribution in [2.24, 2.45) is 11.3 Å². The number of H-pyrrole nitrogens is 1. The molecule has 2 saturated heterocycles. The molecule has 0 unspecified atom stereocenters. The predicted molar refractivity (Wildman–Crippen MR) is 108 cm³/mol. The fourth-order valence-electron chi connectivity index (χ4n) is 4.53. The third-order valence-electron chi connectivity index (χ3n) is 6.02. The molecule has 2 aliphatic rings. The van der Waals surface area contributed by atoms with Crippen molar-refractivity contribution in [2.75, 3.05) is 24.6 Å². The lowest BCUT2D eigenvalue weighted by molar-refractivity contribution is 0.0975. The Morgan fingerprint density at radius 3 is 2.86 bits per heavy atom. The van der Waals surface area contributed by atoms with Gasteiger partial charge in [0.15, 0.2) is 11.3 Å². The van der Waals surface area contributed by atoms with Crippen LogP contribution in [0.2, 0.25) is 0 Å². The number of piperidine rings is 1. The zero-order valence-electron chi connectivity index (χ0n) is 16.7. The Morgan fingerprint density at radius 1 is 1.32 bits per heavy atom. The average molecular weight is 378 g/mol. The molecular formula is C21H26N6O. The van der Waals surface area contributed by atoms with Crippen LogP contribution in [0.3, 0.4) is 0 Å². The molecule has 146 valence electrons. The Hall–Kier alpha value is -2.59. The van der Waals surface area contributed by atoms with Crippen molar-refractivity contribution in [3.63, 3.8) is 0 Å². The predicted octanol–water partition coefficient (Wildman–Crippen LogP) is 3.01. The molecule has 28 heavy (non-hydrogen) atoms. The highest BCUT2D eigenvalue weighted by molar-refractivity contribution is 5.94. The molecule has 5 rings (SSSR count). The van der Waals surface area contributed by atoms with E-state index in [-0.39, 0.29) is 0 Å². The van der Waals surface area contributed by atoms with Crippen LogP contribution < -0.4 is 4.90 Å². The van der Waals surface area contributed by atoms with Crippen molar-refractivity contribution >= 4 is 22.6 Å². The number of nitrogens with zero attached hydrogens (tertiary/aromatic N) is 5. The van der Waals surface area contributed by atoms with E-state index in [1.165, 1.54) is 6.42 Å². The maximum atomic E-state index is 5.87. The molecule has 0 aliphatic carbocycles. The lowest BCUT2D eigenvalue weighted by atomic mass is 9.77. The number of nitrogens with one attached hydrogen (secondary N) is 1. The third-order valence-corrected chi connectivity index (χ3v) is 6.02. The van der Waals surface area contributed by atoms with Gasteiger partial charge in [0.05, 0.1) is 18.1 Å². The van der Waals surface area contributed by atoms with Gasteiger partial charge in [-0.15, -0.1) is 0 Å². The van der Waals surface area contributed by atoms with Gasteiger partial charge in [-0.1, -0.05) is 19.8 Å². The molecule has 0 bridgehead atoms. The fourth-order valence-corrected chi connectivity index (χ4v) is 4.53. The molecule has 3 aromatic rings. The minimum Gasteiger partial charge on any atom is -0.378 e. The molecule has 1 atom stereocenters. The molecule has 1 spiro atoms. The number of aromatic nitrogens is 5. The van der Waals surface area contributed by atoms with Crippen molar-refractivity contribution in [2.45, 2.75) is 46.1 Å². The molecule has 5 heterocycles. The summed E-state index contributed by atoms with van der Waals surface area (Å²) < 4.78 is 7.94. The van der Waals surface area contributed by atoms with Crippen LogP contribution >= 0.6 is 0 Å². The summed E-state index contributed by atoms with van der Waals surface area (Å²) in [5, 5.41) is 8.37. The second-order valence-electron chi connectivity index (χ2n) is 8.57. The van der Waals surface area contributed by atoms with Gasteiger partial charge in [-0.3, -0.25) is 9.50 Å². The maximum Gasteiger partial charge on any atom is 0.213 e.